The van der Waals surface area contributed by atoms with E-state index >= 15 is 19.2 Å². The number of aromatic hydroxyl groups is 1. The molecular weight excluding hydrogens is 1460 g/mol. The largest absolute Gasteiger partial charge is 0.508 e. The van der Waals surface area contributed by atoms with Gasteiger partial charge in [-0.25, -0.2) is 20.0 Å². The van der Waals surface area contributed by atoms with Gasteiger partial charge in [-0.15, -0.1) is 0 Å². The van der Waals surface area contributed by atoms with Gasteiger partial charge in [-0.3, -0.25) is 62.5 Å². The van der Waals surface area contributed by atoms with E-state index in [2.05, 4.69) is 62.2 Å². The number of hydrogen-bond donors (Lipinski definition) is 20. The number of hydrogen-bond acceptors (Lipinski definition) is 25. The van der Waals surface area contributed by atoms with E-state index in [4.69, 9.17) is 68.8 Å². The highest BCUT2D eigenvalue weighted by Crippen LogP contribution is 2.31. The van der Waals surface area contributed by atoms with Crippen LogP contribution in [0.15, 0.2) is 57.8 Å². The molecule has 612 valence electrons. The van der Waals surface area contributed by atoms with Crippen molar-refractivity contribution in [2.24, 2.45) is 83.8 Å². The molecule has 10 rings (SSSR count). The van der Waals surface area contributed by atoms with Crippen LogP contribution in [0.2, 0.25) is 0 Å². The Bertz CT molecular complexity index is 3870. The van der Waals surface area contributed by atoms with Crippen LogP contribution in [0.1, 0.15) is 106 Å². The predicted molar refractivity (Wildman–Crippen MR) is 404 cm³/mol. The molecule has 0 bridgehead atoms. The number of aromatic nitrogens is 2. The van der Waals surface area contributed by atoms with Crippen LogP contribution in [0, 0.1) is 0 Å². The summed E-state index contributed by atoms with van der Waals surface area (Å²) in [6, 6.07) is -12.2. The molecule has 0 spiro atoms. The quantitative estimate of drug-likeness (QED) is 0.0196. The second-order valence-corrected chi connectivity index (χ2v) is 30.4. The maximum atomic E-state index is 15.8. The number of primary amides is 1. The summed E-state index contributed by atoms with van der Waals surface area (Å²) in [5.41, 5.74) is 73.1. The molecule has 8 fully saturated rings. The van der Waals surface area contributed by atoms with Gasteiger partial charge in [0, 0.05) is 121 Å². The Balaban J connectivity index is 0.884. The van der Waals surface area contributed by atoms with Crippen LogP contribution < -0.4 is 106 Å². The van der Waals surface area contributed by atoms with Crippen molar-refractivity contribution >= 4 is 88.8 Å². The van der Waals surface area contributed by atoms with Crippen molar-refractivity contribution in [1.29, 1.82) is 0 Å². The van der Waals surface area contributed by atoms with Gasteiger partial charge in [0.15, 0.2) is 17.9 Å². The van der Waals surface area contributed by atoms with Gasteiger partial charge in [0.1, 0.15) is 65.8 Å². The molecule has 32 N–H and O–H groups in total. The monoisotopic (exact) mass is 1560 g/mol. The summed E-state index contributed by atoms with van der Waals surface area (Å²) in [4.78, 5) is 202. The van der Waals surface area contributed by atoms with Crippen LogP contribution in [-0.4, -0.2) is 313 Å². The number of phenolic OH excluding ortho intramolecular Hbond substituents is 1. The third kappa shape index (κ3) is 21.1. The smallest absolute Gasteiger partial charge is 0.271 e. The average molecular weight is 1570 g/mol. The SMILES string of the molecule is NC(=O)[C@H](Cc1ccc(O)cc1)NC(=O)[C@H]1C[C@@H](N)CN1C(=O)[C@H](CCCCNC(=O)c1cnccn1)NC(=O)[C@H]1C[C@@H](N=C(N)N)CN1C(=O)[C@H](CCCCNC(=O)[C@H]1C[C@@H](N)CN1C(=O)[C@H]1C[C@@H](N)CN1C(=O)[C@H]1C[C@@H](N=C(N)N)CN1)NC(=O)[C@H]1C[C@@H](N)CN1C(=O)[C@H]1C[C@@H](N)CN1C(=O)[C@H]1C[C@@H](N=C(N)N)CN1. The molecule has 1 aromatic heterocycles. The second-order valence-electron chi connectivity index (χ2n) is 30.4. The van der Waals surface area contributed by atoms with Gasteiger partial charge in [-0.05, 0) is 101 Å². The third-order valence-electron chi connectivity index (χ3n) is 21.7. The molecule has 0 unspecified atom stereocenters. The zero-order chi connectivity index (χ0) is 80.9. The van der Waals surface area contributed by atoms with Gasteiger partial charge in [0.05, 0.1) is 36.4 Å². The number of amides is 12. The molecule has 43 heteroatoms. The summed E-state index contributed by atoms with van der Waals surface area (Å²) in [6.45, 7) is 0.115. The second kappa shape index (κ2) is 37.5. The Hall–Kier alpha value is -10.7. The van der Waals surface area contributed by atoms with Gasteiger partial charge in [0.25, 0.3) is 5.91 Å². The normalized spacial score (nSPS) is 28.2. The summed E-state index contributed by atoms with van der Waals surface area (Å²) in [6.07, 6.45) is 4.66. The highest BCUT2D eigenvalue weighted by molar-refractivity contribution is 6.00. The molecule has 2 aromatic rings. The number of nitrogens with zero attached hydrogens (tertiary/aromatic N) is 11. The number of carbonyl (C=O) groups is 12. The third-order valence-corrected chi connectivity index (χ3v) is 21.7. The molecule has 19 atom stereocenters. The van der Waals surface area contributed by atoms with Gasteiger partial charge >= 0.3 is 0 Å². The van der Waals surface area contributed by atoms with Crippen LogP contribution in [0.4, 0.5) is 0 Å². The minimum Gasteiger partial charge on any atom is -0.508 e. The molecule has 8 saturated heterocycles. The standard InChI is InChI=1S/C69H108N30O13/c70-34-16-49(95(28-34)65(111)53-19-37(73)30-97(53)63(109)46-21-39(24-86-46)88-67(76)77)57(103)85-12-4-2-6-44(91-58(104)51-18-36(72)29-96(51)66(112)54-20-38(74)31-98(54)64(110)47-22-40(25-87-47)89-68(78)79)62(108)99-32-41(90-69(80)81)23-52(99)60(106)92-43(5-1-3-11-84-56(102)48-26-82-13-14-83-48)61(107)94-27-35(71)17-50(94)59(105)93-45(55(75)101)15-33-7-9-42(100)10-8-33/h7-10,13-14,26,34-41,43-47,49-54,86-87,100H,1-6,11-12,15-25,27-32,70-74H2,(H2,75,101)(H,84,102)(H,85,103)(H,91,104)(H,92,106)(H,93,105)(H4,76,77,88)(H4,78,79,89)(H4,80,81,90)/t34-,35-,36-,37-,38-,39-,40-,41-,43+,44+,45+,46-,47-,49-,50-,51-,52-,53-,54-/m1/s1. The fraction of sp³-hybridized carbons (Fsp3) is 0.638. The van der Waals surface area contributed by atoms with Gasteiger partial charge < -0.3 is 141 Å². The first-order valence-electron chi connectivity index (χ1n) is 37.9. The summed E-state index contributed by atoms with van der Waals surface area (Å²) < 4.78 is 0. The Morgan fingerprint density at radius 1 is 0.446 bits per heavy atom. The first kappa shape index (κ1) is 83.7. The van der Waals surface area contributed by atoms with Gasteiger partial charge in [-0.1, -0.05) is 12.1 Å². The van der Waals surface area contributed by atoms with Crippen LogP contribution in [0.25, 0.3) is 0 Å². The number of unbranched alkanes of at least 4 members (excludes halogenated alkanes) is 2. The molecule has 1 aromatic carbocycles. The van der Waals surface area contributed by atoms with E-state index < -0.39 is 180 Å². The van der Waals surface area contributed by atoms with Crippen molar-refractivity contribution in [1.82, 2.24) is 76.6 Å². The zero-order valence-corrected chi connectivity index (χ0v) is 62.4. The summed E-state index contributed by atoms with van der Waals surface area (Å²) in [5.74, 6) is -8.73. The molecule has 0 saturated carbocycles. The van der Waals surface area contributed by atoms with E-state index in [-0.39, 0.29) is 191 Å². The minimum absolute atomic E-state index is 0.00261. The Morgan fingerprint density at radius 3 is 1.29 bits per heavy atom. The average Bonchev–Trinajstić information content (AvgIpc) is 1.63. The fourth-order valence-corrected chi connectivity index (χ4v) is 16.4. The van der Waals surface area contributed by atoms with Crippen molar-refractivity contribution in [3.05, 3.63) is 54.1 Å². The topological polar surface area (TPSA) is 704 Å². The van der Waals surface area contributed by atoms with E-state index in [1.807, 2.05) is 0 Å². The zero-order valence-electron chi connectivity index (χ0n) is 62.4. The van der Waals surface area contributed by atoms with Crippen molar-refractivity contribution in [3.63, 3.8) is 0 Å². The lowest BCUT2D eigenvalue weighted by Crippen LogP contribution is -2.59. The van der Waals surface area contributed by atoms with Crippen molar-refractivity contribution in [2.45, 2.75) is 211 Å². The van der Waals surface area contributed by atoms with Gasteiger partial charge in [-0.2, -0.15) is 0 Å². The van der Waals surface area contributed by atoms with Crippen molar-refractivity contribution in [3.8, 4) is 5.75 Å². The molecule has 43 nitrogen and oxygen atoms in total. The molecule has 0 aliphatic carbocycles. The van der Waals surface area contributed by atoms with Crippen molar-refractivity contribution < 1.29 is 62.6 Å². The van der Waals surface area contributed by atoms with Gasteiger partial charge in [0.2, 0.25) is 65.0 Å². The highest BCUT2D eigenvalue weighted by Gasteiger charge is 2.52. The maximum absolute atomic E-state index is 15.8. The molecule has 112 heavy (non-hydrogen) atoms. The Morgan fingerprint density at radius 2 is 0.839 bits per heavy atom. The number of aliphatic imine (C=N–C) groups is 3. The lowest BCUT2D eigenvalue weighted by atomic mass is 10.0. The molecule has 8 aliphatic rings. The highest BCUT2D eigenvalue weighted by atomic mass is 16.3. The van der Waals surface area contributed by atoms with E-state index in [1.165, 1.54) is 60.1 Å². The molecular formula is C69H108N30O13. The maximum Gasteiger partial charge on any atom is 0.271 e. The molecule has 0 radical (unpaired) electrons. The number of benzene rings is 1. The summed E-state index contributed by atoms with van der Waals surface area (Å²) in [5, 5.41) is 30.1. The van der Waals surface area contributed by atoms with E-state index in [0.29, 0.717) is 12.1 Å². The number of rotatable bonds is 30. The van der Waals surface area contributed by atoms with Crippen LogP contribution >= 0.6 is 0 Å². The predicted octanol–water partition coefficient (Wildman–Crippen LogP) is -11.6. The number of likely N-dealkylation sites (tertiary alicyclic amines) is 6. The molecule has 8 aliphatic heterocycles. The fourth-order valence-electron chi connectivity index (χ4n) is 16.4. The van der Waals surface area contributed by atoms with E-state index in [9.17, 15) is 43.5 Å². The first-order chi connectivity index (χ1) is 53.3. The minimum atomic E-state index is -1.52. The molecule has 12 amide bonds. The number of nitrogens with two attached hydrogens (primary N) is 12. The summed E-state index contributed by atoms with van der Waals surface area (Å²) >= 11 is 0. The first-order valence-corrected chi connectivity index (χ1v) is 37.9. The molecule has 9 heterocycles. The lowest BCUT2D eigenvalue weighted by Gasteiger charge is -2.33. The van der Waals surface area contributed by atoms with E-state index in [1.54, 1.807) is 12.1 Å². The Labute approximate surface area is 645 Å². The lowest BCUT2D eigenvalue weighted by molar-refractivity contribution is -0.148. The number of carbonyl (C=O) groups excluding carboxylic acids is 12. The van der Waals surface area contributed by atoms with E-state index in [0.717, 1.165) is 0 Å². The summed E-state index contributed by atoms with van der Waals surface area (Å²) in [7, 11) is 0. The van der Waals surface area contributed by atoms with Crippen LogP contribution in [0.3, 0.4) is 0 Å². The Kier molecular flexibility index (Phi) is 28.1. The number of phenols is 1. The van der Waals surface area contributed by atoms with Crippen LogP contribution in [-0.2, 0) is 59.2 Å². The van der Waals surface area contributed by atoms with Crippen molar-refractivity contribution in [2.75, 3.05) is 65.4 Å². The van der Waals surface area contributed by atoms with Crippen LogP contribution in [0.5, 0.6) is 5.75 Å². The number of guanidine groups is 3. The number of nitrogens with one attached hydrogen (secondary N) is 7.